The summed E-state index contributed by atoms with van der Waals surface area (Å²) in [6.07, 6.45) is 0.321. The summed E-state index contributed by atoms with van der Waals surface area (Å²) in [6.45, 7) is 7.80. The van der Waals surface area contributed by atoms with Crippen molar-refractivity contribution in [2.45, 2.75) is 38.8 Å². The van der Waals surface area contributed by atoms with E-state index in [0.29, 0.717) is 18.7 Å². The van der Waals surface area contributed by atoms with Crippen LogP contribution in [0.3, 0.4) is 0 Å². The van der Waals surface area contributed by atoms with Crippen LogP contribution >= 0.6 is 0 Å². The Labute approximate surface area is 242 Å². The van der Waals surface area contributed by atoms with Crippen molar-refractivity contribution >= 4 is 17.5 Å². The fraction of sp³-hybridized carbons (Fsp3) is 0.364. The van der Waals surface area contributed by atoms with E-state index in [1.807, 2.05) is 84.9 Å². The minimum absolute atomic E-state index is 0.133. The first kappa shape index (κ1) is 29.8. The average Bonchev–Trinajstić information content (AvgIpc) is 3.45. The number of methoxy groups -OCH3 is 1. The predicted octanol–water partition coefficient (Wildman–Crippen LogP) is 4.46. The molecule has 3 aromatic rings. The van der Waals surface area contributed by atoms with E-state index in [1.54, 1.807) is 12.0 Å². The van der Waals surface area contributed by atoms with E-state index in [4.69, 9.17) is 9.57 Å². The molecule has 1 atom stereocenters. The predicted molar refractivity (Wildman–Crippen MR) is 161 cm³/mol. The van der Waals surface area contributed by atoms with Gasteiger partial charge >= 0.3 is 0 Å². The van der Waals surface area contributed by atoms with E-state index < -0.39 is 12.0 Å². The van der Waals surface area contributed by atoms with Crippen LogP contribution in [0.1, 0.15) is 42.9 Å². The highest BCUT2D eigenvalue weighted by molar-refractivity contribution is 6.02. The molecule has 8 heteroatoms. The minimum Gasteiger partial charge on any atom is -0.497 e. The second-order valence-corrected chi connectivity index (χ2v) is 10.0. The molecule has 1 heterocycles. The van der Waals surface area contributed by atoms with Crippen LogP contribution < -0.4 is 10.1 Å². The second-order valence-electron chi connectivity index (χ2n) is 10.0. The summed E-state index contributed by atoms with van der Waals surface area (Å²) in [4.78, 5) is 37.3. The fourth-order valence-corrected chi connectivity index (χ4v) is 5.09. The maximum Gasteiger partial charge on any atom is 0.243 e. The average molecular weight is 557 g/mol. The molecule has 8 nitrogen and oxygen atoms in total. The van der Waals surface area contributed by atoms with Crippen molar-refractivity contribution in [1.29, 1.82) is 0 Å². The summed E-state index contributed by atoms with van der Waals surface area (Å²) in [7, 11) is 1.63. The molecule has 0 radical (unpaired) electrons. The molecule has 0 aromatic heterocycles. The van der Waals surface area contributed by atoms with Gasteiger partial charge in [-0.25, -0.2) is 0 Å². The minimum atomic E-state index is -0.669. The fourth-order valence-electron chi connectivity index (χ4n) is 5.09. The van der Waals surface area contributed by atoms with Crippen molar-refractivity contribution in [3.05, 3.63) is 102 Å². The van der Waals surface area contributed by atoms with Gasteiger partial charge in [0.1, 0.15) is 18.4 Å². The Morgan fingerprint density at radius 1 is 0.951 bits per heavy atom. The van der Waals surface area contributed by atoms with Crippen LogP contribution in [-0.4, -0.2) is 73.2 Å². The van der Waals surface area contributed by atoms with Crippen LogP contribution in [0.5, 0.6) is 5.75 Å². The highest BCUT2D eigenvalue weighted by Crippen LogP contribution is 2.30. The van der Waals surface area contributed by atoms with Crippen LogP contribution in [0.25, 0.3) is 0 Å². The number of hydrogen-bond donors (Lipinski definition) is 1. The number of nitrogens with one attached hydrogen (secondary N) is 1. The van der Waals surface area contributed by atoms with Crippen LogP contribution in [0, 0.1) is 0 Å². The number of likely N-dealkylation sites (N-methyl/N-ethyl adjacent to an activating group) is 1. The van der Waals surface area contributed by atoms with Gasteiger partial charge < -0.3 is 24.7 Å². The Morgan fingerprint density at radius 3 is 2.12 bits per heavy atom. The number of likely N-dealkylation sites (tertiary alicyclic amines) is 1. The van der Waals surface area contributed by atoms with Gasteiger partial charge in [0.15, 0.2) is 0 Å². The SMILES string of the molecule is CCN(CC)CCNC(=O)[C@@H]1C/C(=N\OCc2ccc(OC)cc2)CN1C(=O)C(c1ccccc1)c1ccccc1. The van der Waals surface area contributed by atoms with E-state index in [9.17, 15) is 9.59 Å². The summed E-state index contributed by atoms with van der Waals surface area (Å²) < 4.78 is 5.21. The number of oxime groups is 1. The van der Waals surface area contributed by atoms with Gasteiger partial charge in [-0.05, 0) is 41.9 Å². The first-order valence-corrected chi connectivity index (χ1v) is 14.2. The maximum atomic E-state index is 14.3. The van der Waals surface area contributed by atoms with Gasteiger partial charge in [-0.1, -0.05) is 91.8 Å². The molecule has 1 fully saturated rings. The summed E-state index contributed by atoms with van der Waals surface area (Å²) in [5.41, 5.74) is 3.37. The van der Waals surface area contributed by atoms with E-state index in [0.717, 1.165) is 42.1 Å². The zero-order valence-electron chi connectivity index (χ0n) is 24.2. The summed E-state index contributed by atoms with van der Waals surface area (Å²) in [6, 6.07) is 26.3. The molecule has 0 unspecified atom stereocenters. The molecule has 216 valence electrons. The number of nitrogens with zero attached hydrogens (tertiary/aromatic N) is 3. The van der Waals surface area contributed by atoms with Crippen molar-refractivity contribution in [2.75, 3.05) is 39.8 Å². The highest BCUT2D eigenvalue weighted by Gasteiger charge is 2.41. The monoisotopic (exact) mass is 556 g/mol. The molecule has 1 N–H and O–H groups in total. The first-order chi connectivity index (χ1) is 20.0. The van der Waals surface area contributed by atoms with E-state index >= 15 is 0 Å². The zero-order chi connectivity index (χ0) is 29.0. The van der Waals surface area contributed by atoms with Gasteiger partial charge in [0.2, 0.25) is 11.8 Å². The normalized spacial score (nSPS) is 15.9. The molecule has 0 bridgehead atoms. The molecule has 1 aliphatic heterocycles. The number of carbonyl (C=O) groups excluding carboxylic acids is 2. The van der Waals surface area contributed by atoms with Crippen LogP contribution in [0.2, 0.25) is 0 Å². The number of ether oxygens (including phenoxy) is 1. The topological polar surface area (TPSA) is 83.5 Å². The third kappa shape index (κ3) is 7.95. The second kappa shape index (κ2) is 15.0. The Morgan fingerprint density at radius 2 is 1.56 bits per heavy atom. The van der Waals surface area contributed by atoms with Crippen molar-refractivity contribution < 1.29 is 19.2 Å². The molecule has 0 saturated carbocycles. The number of amides is 2. The molecule has 4 rings (SSSR count). The van der Waals surface area contributed by atoms with Crippen LogP contribution in [0.4, 0.5) is 0 Å². The van der Waals surface area contributed by atoms with E-state index in [1.165, 1.54) is 0 Å². The quantitative estimate of drug-likeness (QED) is 0.315. The van der Waals surface area contributed by atoms with Gasteiger partial charge in [-0.2, -0.15) is 0 Å². The number of rotatable bonds is 13. The number of hydrogen-bond acceptors (Lipinski definition) is 6. The summed E-state index contributed by atoms with van der Waals surface area (Å²) in [5.74, 6) is -0.0773. The van der Waals surface area contributed by atoms with Crippen LogP contribution in [0.15, 0.2) is 90.1 Å². The molecule has 3 aromatic carbocycles. The van der Waals surface area contributed by atoms with Crippen molar-refractivity contribution in [2.24, 2.45) is 5.16 Å². The lowest BCUT2D eigenvalue weighted by molar-refractivity contribution is -0.138. The molecular weight excluding hydrogens is 516 g/mol. The first-order valence-electron chi connectivity index (χ1n) is 14.2. The van der Waals surface area contributed by atoms with Gasteiger partial charge in [-0.15, -0.1) is 0 Å². The number of benzene rings is 3. The largest absolute Gasteiger partial charge is 0.497 e. The van der Waals surface area contributed by atoms with Crippen LogP contribution in [-0.2, 0) is 21.0 Å². The Balaban J connectivity index is 1.55. The summed E-state index contributed by atoms with van der Waals surface area (Å²) >= 11 is 0. The molecule has 2 amide bonds. The molecule has 1 aliphatic rings. The van der Waals surface area contributed by atoms with Crippen molar-refractivity contribution in [1.82, 2.24) is 15.1 Å². The van der Waals surface area contributed by atoms with Gasteiger partial charge in [0.05, 0.1) is 25.3 Å². The smallest absolute Gasteiger partial charge is 0.243 e. The Bertz CT molecular complexity index is 1240. The Hall–Kier alpha value is -4.17. The standard InChI is InChI=1S/C33H40N4O4/c1-4-36(5-2)21-20-34-32(38)30-22-28(35-41-24-25-16-18-29(40-3)19-17-25)23-37(30)33(39)31(26-12-8-6-9-13-26)27-14-10-7-11-15-27/h6-19,30-31H,4-5,20-24H2,1-3H3,(H,34,38)/b35-28+/t30-/m0/s1. The van der Waals surface area contributed by atoms with Gasteiger partial charge in [0, 0.05) is 19.5 Å². The van der Waals surface area contributed by atoms with Gasteiger partial charge in [0.25, 0.3) is 0 Å². The van der Waals surface area contributed by atoms with Crippen molar-refractivity contribution in [3.8, 4) is 5.75 Å². The lowest BCUT2D eigenvalue weighted by Crippen LogP contribution is -2.48. The lowest BCUT2D eigenvalue weighted by atomic mass is 9.90. The molecule has 41 heavy (non-hydrogen) atoms. The third-order valence-corrected chi connectivity index (χ3v) is 7.46. The van der Waals surface area contributed by atoms with E-state index in [-0.39, 0.29) is 25.0 Å². The molecule has 0 aliphatic carbocycles. The molecular formula is C33H40N4O4. The van der Waals surface area contributed by atoms with Gasteiger partial charge in [-0.3, -0.25) is 9.59 Å². The molecule has 0 spiro atoms. The van der Waals surface area contributed by atoms with Crippen molar-refractivity contribution in [3.63, 3.8) is 0 Å². The number of carbonyl (C=O) groups is 2. The molecule has 1 saturated heterocycles. The lowest BCUT2D eigenvalue weighted by Gasteiger charge is -2.28. The maximum absolute atomic E-state index is 14.3. The summed E-state index contributed by atoms with van der Waals surface area (Å²) in [5, 5.41) is 7.43. The van der Waals surface area contributed by atoms with E-state index in [2.05, 4.69) is 29.2 Å². The highest BCUT2D eigenvalue weighted by atomic mass is 16.6. The Kier molecular flexibility index (Phi) is 10.9. The zero-order valence-corrected chi connectivity index (χ0v) is 24.2. The third-order valence-electron chi connectivity index (χ3n) is 7.46.